The van der Waals surface area contributed by atoms with E-state index in [-0.39, 0.29) is 11.8 Å². The van der Waals surface area contributed by atoms with Crippen LogP contribution in [0.3, 0.4) is 0 Å². The van der Waals surface area contributed by atoms with Gasteiger partial charge in [0.2, 0.25) is 0 Å². The molecule has 4 aromatic rings. The molecule has 0 radical (unpaired) electrons. The van der Waals surface area contributed by atoms with Gasteiger partial charge in [-0.05, 0) is 31.1 Å². The van der Waals surface area contributed by atoms with Gasteiger partial charge in [0.25, 0.3) is 0 Å². The second-order valence-corrected chi connectivity index (χ2v) is 7.30. The van der Waals surface area contributed by atoms with E-state index in [2.05, 4.69) is 20.4 Å². The Labute approximate surface area is 171 Å². The minimum atomic E-state index is -0.112. The molecular weight excluding hydrogens is 382 g/mol. The number of hydrogen-bond donors (Lipinski definition) is 4. The first kappa shape index (κ1) is 18.2. The van der Waals surface area contributed by atoms with Crippen molar-refractivity contribution in [2.45, 2.75) is 25.3 Å². The number of hydrogen-bond acceptors (Lipinski definition) is 7. The molecule has 4 heterocycles. The van der Waals surface area contributed by atoms with Gasteiger partial charge in [-0.1, -0.05) is 6.07 Å². The van der Waals surface area contributed by atoms with Crippen LogP contribution in [0.15, 0.2) is 47.7 Å². The molecule has 5 rings (SSSR count). The number of nitrogens with zero attached hydrogens (tertiary/aromatic N) is 5. The molecule has 0 saturated heterocycles. The molecule has 152 valence electrons. The fourth-order valence-corrected chi connectivity index (χ4v) is 3.23. The van der Waals surface area contributed by atoms with Crippen LogP contribution in [0.1, 0.15) is 24.1 Å². The van der Waals surface area contributed by atoms with E-state index >= 15 is 0 Å². The first-order chi connectivity index (χ1) is 14.7. The highest BCUT2D eigenvalue weighted by Gasteiger charge is 2.20. The second-order valence-electron chi connectivity index (χ2n) is 7.30. The van der Waals surface area contributed by atoms with Crippen LogP contribution in [0.4, 0.5) is 5.82 Å². The van der Waals surface area contributed by atoms with Gasteiger partial charge in [-0.15, -0.1) is 0 Å². The van der Waals surface area contributed by atoms with E-state index in [1.807, 2.05) is 24.3 Å². The lowest BCUT2D eigenvalue weighted by Crippen LogP contribution is -2.21. The van der Waals surface area contributed by atoms with E-state index < -0.39 is 0 Å². The Bertz CT molecular complexity index is 1310. The highest BCUT2D eigenvalue weighted by atomic mass is 16.3. The summed E-state index contributed by atoms with van der Waals surface area (Å²) in [6.07, 6.45) is 8.13. The molecule has 1 saturated carbocycles. The molecule has 0 spiro atoms. The minimum Gasteiger partial charge on any atom is -0.494 e. The minimum absolute atomic E-state index is 0.107. The van der Waals surface area contributed by atoms with Gasteiger partial charge in [0, 0.05) is 47.8 Å². The SMILES string of the molecule is Oc1cc(C=c2cnn3c(=NC4CC4)cc(NCCc4ccccn4)nc23)c(O)[nH]1. The van der Waals surface area contributed by atoms with Gasteiger partial charge in [-0.2, -0.15) is 9.61 Å². The predicted octanol–water partition coefficient (Wildman–Crippen LogP) is 1.13. The van der Waals surface area contributed by atoms with Crippen molar-refractivity contribution in [1.29, 1.82) is 0 Å². The van der Waals surface area contributed by atoms with E-state index in [0.29, 0.717) is 34.8 Å². The van der Waals surface area contributed by atoms with Gasteiger partial charge in [-0.3, -0.25) is 15.0 Å². The predicted molar refractivity (Wildman–Crippen MR) is 111 cm³/mol. The molecule has 0 aromatic carbocycles. The Balaban J connectivity index is 1.52. The van der Waals surface area contributed by atoms with Crippen LogP contribution in [0.5, 0.6) is 11.8 Å². The fourth-order valence-electron chi connectivity index (χ4n) is 3.23. The molecule has 1 aliphatic rings. The topological polar surface area (TPSA) is 124 Å². The summed E-state index contributed by atoms with van der Waals surface area (Å²) < 4.78 is 1.71. The van der Waals surface area contributed by atoms with Crippen LogP contribution < -0.4 is 16.0 Å². The third kappa shape index (κ3) is 3.82. The monoisotopic (exact) mass is 403 g/mol. The quantitative estimate of drug-likeness (QED) is 0.383. The van der Waals surface area contributed by atoms with Crippen molar-refractivity contribution in [1.82, 2.24) is 24.6 Å². The standard InChI is InChI=1S/C21H21N7O2/c29-19-10-13(21(30)27-19)9-14-12-24-28-18(25-16-4-5-16)11-17(26-20(14)28)23-8-6-15-3-1-2-7-22-15/h1-3,7,9-12,16,23,27,29-30H,4-6,8H2. The molecule has 0 unspecified atom stereocenters. The molecule has 0 bridgehead atoms. The molecule has 30 heavy (non-hydrogen) atoms. The lowest BCUT2D eigenvalue weighted by Gasteiger charge is -2.06. The maximum atomic E-state index is 9.93. The molecule has 4 N–H and O–H groups in total. The normalized spacial score (nSPS) is 15.2. The number of H-pyrrole nitrogens is 1. The Morgan fingerprint density at radius 3 is 2.90 bits per heavy atom. The van der Waals surface area contributed by atoms with Gasteiger partial charge in [0.15, 0.2) is 22.9 Å². The fraction of sp³-hybridized carbons (Fsp3) is 0.238. The molecule has 0 amide bonds. The van der Waals surface area contributed by atoms with Crippen LogP contribution in [-0.4, -0.2) is 47.4 Å². The smallest absolute Gasteiger partial charge is 0.198 e. The van der Waals surface area contributed by atoms with Crippen LogP contribution in [0.2, 0.25) is 0 Å². The van der Waals surface area contributed by atoms with Crippen LogP contribution in [-0.2, 0) is 6.42 Å². The summed E-state index contributed by atoms with van der Waals surface area (Å²) >= 11 is 0. The van der Waals surface area contributed by atoms with Crippen molar-refractivity contribution in [3.05, 3.63) is 64.7 Å². The van der Waals surface area contributed by atoms with E-state index in [9.17, 15) is 10.2 Å². The lowest BCUT2D eigenvalue weighted by atomic mass is 10.2. The summed E-state index contributed by atoms with van der Waals surface area (Å²) in [5, 5.41) is 28.0. The summed E-state index contributed by atoms with van der Waals surface area (Å²) in [4.78, 5) is 16.3. The number of aromatic nitrogens is 5. The average molecular weight is 403 g/mol. The first-order valence-corrected chi connectivity index (χ1v) is 9.85. The summed E-state index contributed by atoms with van der Waals surface area (Å²) in [5.74, 6) is 0.484. The molecule has 4 aromatic heterocycles. The molecule has 1 fully saturated rings. The number of aromatic amines is 1. The Morgan fingerprint density at radius 2 is 2.17 bits per heavy atom. The second kappa shape index (κ2) is 7.51. The maximum absolute atomic E-state index is 9.93. The van der Waals surface area contributed by atoms with E-state index in [4.69, 9.17) is 9.98 Å². The zero-order valence-electron chi connectivity index (χ0n) is 16.2. The molecule has 0 atom stereocenters. The van der Waals surface area contributed by atoms with Gasteiger partial charge >= 0.3 is 0 Å². The number of nitrogens with one attached hydrogen (secondary N) is 2. The summed E-state index contributed by atoms with van der Waals surface area (Å²) in [7, 11) is 0. The molecule has 1 aliphatic carbocycles. The van der Waals surface area contributed by atoms with Gasteiger partial charge in [0.05, 0.1) is 12.2 Å². The van der Waals surface area contributed by atoms with E-state index in [1.54, 1.807) is 23.0 Å². The Hall–Kier alpha value is -3.88. The highest BCUT2D eigenvalue weighted by Crippen LogP contribution is 2.23. The lowest BCUT2D eigenvalue weighted by molar-refractivity contribution is 0.425. The van der Waals surface area contributed by atoms with Crippen molar-refractivity contribution in [3.63, 3.8) is 0 Å². The van der Waals surface area contributed by atoms with Gasteiger partial charge in [-0.25, -0.2) is 4.98 Å². The summed E-state index contributed by atoms with van der Waals surface area (Å²) in [6.45, 7) is 0.683. The summed E-state index contributed by atoms with van der Waals surface area (Å²) in [6, 6.07) is 9.55. The number of rotatable bonds is 6. The van der Waals surface area contributed by atoms with E-state index in [1.165, 1.54) is 6.07 Å². The van der Waals surface area contributed by atoms with Crippen LogP contribution in [0.25, 0.3) is 11.7 Å². The van der Waals surface area contributed by atoms with Crippen LogP contribution >= 0.6 is 0 Å². The van der Waals surface area contributed by atoms with Crippen molar-refractivity contribution in [3.8, 4) is 11.8 Å². The molecule has 0 aliphatic heterocycles. The third-order valence-electron chi connectivity index (χ3n) is 4.88. The van der Waals surface area contributed by atoms with Crippen molar-refractivity contribution in [2.75, 3.05) is 11.9 Å². The third-order valence-corrected chi connectivity index (χ3v) is 4.88. The first-order valence-electron chi connectivity index (χ1n) is 9.85. The molecular formula is C21H21N7O2. The zero-order chi connectivity index (χ0) is 20.5. The van der Waals surface area contributed by atoms with Crippen molar-refractivity contribution >= 4 is 17.5 Å². The Morgan fingerprint density at radius 1 is 1.27 bits per heavy atom. The van der Waals surface area contributed by atoms with Gasteiger partial charge in [0.1, 0.15) is 5.82 Å². The number of pyridine rings is 1. The number of anilines is 1. The Kier molecular flexibility index (Phi) is 4.55. The number of fused-ring (bicyclic) bond motifs is 1. The van der Waals surface area contributed by atoms with Crippen LogP contribution in [0, 0.1) is 0 Å². The average Bonchev–Trinajstić information content (AvgIpc) is 3.37. The van der Waals surface area contributed by atoms with Crippen molar-refractivity contribution in [2.24, 2.45) is 4.99 Å². The molecule has 9 nitrogen and oxygen atoms in total. The van der Waals surface area contributed by atoms with Gasteiger partial charge < -0.3 is 15.5 Å². The zero-order valence-corrected chi connectivity index (χ0v) is 16.2. The van der Waals surface area contributed by atoms with E-state index in [0.717, 1.165) is 30.4 Å². The largest absolute Gasteiger partial charge is 0.494 e. The maximum Gasteiger partial charge on any atom is 0.198 e. The number of aromatic hydroxyl groups is 2. The van der Waals surface area contributed by atoms with Crippen molar-refractivity contribution < 1.29 is 10.2 Å². The summed E-state index contributed by atoms with van der Waals surface area (Å²) in [5.41, 5.74) is 2.83. The highest BCUT2D eigenvalue weighted by molar-refractivity contribution is 5.62. The molecule has 9 heteroatoms.